The number of aryl methyl sites for hydroxylation is 2. The van der Waals surface area contributed by atoms with E-state index in [4.69, 9.17) is 16.9 Å². The van der Waals surface area contributed by atoms with Crippen molar-refractivity contribution < 1.29 is 0 Å². The Kier molecular flexibility index (Phi) is 2.73. The van der Waals surface area contributed by atoms with Crippen LogP contribution in [-0.2, 0) is 5.88 Å². The average Bonchev–Trinajstić information content (AvgIpc) is 2.09. The van der Waals surface area contributed by atoms with Crippen molar-refractivity contribution in [1.82, 2.24) is 0 Å². The molecular weight excluding hydrogens is 170 g/mol. The minimum atomic E-state index is 0.407. The summed E-state index contributed by atoms with van der Waals surface area (Å²) in [7, 11) is 0. The van der Waals surface area contributed by atoms with Crippen molar-refractivity contribution in [2.45, 2.75) is 19.7 Å². The van der Waals surface area contributed by atoms with Crippen LogP contribution in [0.3, 0.4) is 0 Å². The summed E-state index contributed by atoms with van der Waals surface area (Å²) in [5.41, 5.74) is 3.93. The quantitative estimate of drug-likeness (QED) is 0.609. The third-order valence-corrected chi connectivity index (χ3v) is 2.27. The highest BCUT2D eigenvalue weighted by atomic mass is 35.5. The van der Waals surface area contributed by atoms with E-state index >= 15 is 0 Å². The van der Waals surface area contributed by atoms with Gasteiger partial charge in [0.1, 0.15) is 0 Å². The molecule has 1 aromatic carbocycles. The minimum absolute atomic E-state index is 0.407. The molecule has 0 saturated heterocycles. The summed E-state index contributed by atoms with van der Waals surface area (Å²) in [6.07, 6.45) is 0. The van der Waals surface area contributed by atoms with Gasteiger partial charge in [-0.3, -0.25) is 0 Å². The number of halogens is 1. The number of hydrogen-bond acceptors (Lipinski definition) is 1. The molecule has 1 nitrogen and oxygen atoms in total. The zero-order valence-electron chi connectivity index (χ0n) is 7.19. The molecule has 0 aliphatic heterocycles. The Bertz CT molecular complexity index is 336. The van der Waals surface area contributed by atoms with E-state index in [2.05, 4.69) is 6.07 Å². The van der Waals surface area contributed by atoms with E-state index in [-0.39, 0.29) is 0 Å². The largest absolute Gasteiger partial charge is 0.192 e. The number of alkyl halides is 1. The summed E-state index contributed by atoms with van der Waals surface area (Å²) in [4.78, 5) is 0. The van der Waals surface area contributed by atoms with Gasteiger partial charge in [0, 0.05) is 5.88 Å². The molecule has 0 radical (unpaired) electrons. The van der Waals surface area contributed by atoms with Crippen LogP contribution < -0.4 is 0 Å². The van der Waals surface area contributed by atoms with Crippen LogP contribution in [0.2, 0.25) is 0 Å². The van der Waals surface area contributed by atoms with Crippen molar-refractivity contribution in [2.24, 2.45) is 0 Å². The summed E-state index contributed by atoms with van der Waals surface area (Å²) in [6, 6.07) is 5.99. The van der Waals surface area contributed by atoms with Crippen molar-refractivity contribution in [3.63, 3.8) is 0 Å². The van der Waals surface area contributed by atoms with Gasteiger partial charge in [-0.25, -0.2) is 0 Å². The predicted molar refractivity (Wildman–Crippen MR) is 50.2 cm³/mol. The summed E-state index contributed by atoms with van der Waals surface area (Å²) in [6.45, 7) is 4.01. The van der Waals surface area contributed by atoms with E-state index in [1.807, 2.05) is 26.0 Å². The van der Waals surface area contributed by atoms with Gasteiger partial charge in [-0.2, -0.15) is 5.26 Å². The molecule has 0 heterocycles. The van der Waals surface area contributed by atoms with Crippen LogP contribution in [-0.4, -0.2) is 0 Å². The van der Waals surface area contributed by atoms with Crippen LogP contribution in [0.25, 0.3) is 0 Å². The van der Waals surface area contributed by atoms with E-state index in [1.54, 1.807) is 0 Å². The van der Waals surface area contributed by atoms with Gasteiger partial charge in [-0.1, -0.05) is 6.07 Å². The smallest absolute Gasteiger partial charge is 0.0995 e. The second-order valence-corrected chi connectivity index (χ2v) is 3.11. The van der Waals surface area contributed by atoms with E-state index < -0.39 is 0 Å². The third-order valence-electron chi connectivity index (χ3n) is 1.98. The topological polar surface area (TPSA) is 23.8 Å². The molecule has 0 aliphatic rings. The minimum Gasteiger partial charge on any atom is -0.192 e. The lowest BCUT2D eigenvalue weighted by molar-refractivity contribution is 1.25. The molecule has 0 saturated carbocycles. The molecule has 0 amide bonds. The maximum atomic E-state index is 8.76. The monoisotopic (exact) mass is 179 g/mol. The first kappa shape index (κ1) is 9.09. The second-order valence-electron chi connectivity index (χ2n) is 2.84. The summed E-state index contributed by atoms with van der Waals surface area (Å²) in [5.74, 6) is 0.407. The Labute approximate surface area is 77.6 Å². The maximum Gasteiger partial charge on any atom is 0.0995 e. The van der Waals surface area contributed by atoms with Gasteiger partial charge < -0.3 is 0 Å². The first-order valence-electron chi connectivity index (χ1n) is 3.75. The van der Waals surface area contributed by atoms with Crippen molar-refractivity contribution in [2.75, 3.05) is 0 Å². The SMILES string of the molecule is Cc1cc(C#N)c(CCl)cc1C. The summed E-state index contributed by atoms with van der Waals surface area (Å²) in [5, 5.41) is 8.76. The van der Waals surface area contributed by atoms with Crippen LogP contribution in [0.5, 0.6) is 0 Å². The number of rotatable bonds is 1. The summed E-state index contributed by atoms with van der Waals surface area (Å²) >= 11 is 5.68. The highest BCUT2D eigenvalue weighted by molar-refractivity contribution is 6.17. The Balaban J connectivity index is 3.31. The van der Waals surface area contributed by atoms with Gasteiger partial charge in [0.15, 0.2) is 0 Å². The number of nitriles is 1. The average molecular weight is 180 g/mol. The zero-order chi connectivity index (χ0) is 9.14. The summed E-state index contributed by atoms with van der Waals surface area (Å²) < 4.78 is 0. The molecule has 0 unspecified atom stereocenters. The standard InChI is InChI=1S/C10H10ClN/c1-7-3-9(5-11)10(6-12)4-8(7)2/h3-4H,5H2,1-2H3. The zero-order valence-corrected chi connectivity index (χ0v) is 7.94. The lowest BCUT2D eigenvalue weighted by atomic mass is 10.0. The first-order chi connectivity index (χ1) is 5.69. The molecule has 0 bridgehead atoms. The first-order valence-corrected chi connectivity index (χ1v) is 4.28. The Morgan fingerprint density at radius 1 is 1.33 bits per heavy atom. The van der Waals surface area contributed by atoms with Gasteiger partial charge in [-0.05, 0) is 36.6 Å². The molecule has 1 aromatic rings. The molecule has 12 heavy (non-hydrogen) atoms. The van der Waals surface area contributed by atoms with Gasteiger partial charge in [0.05, 0.1) is 11.6 Å². The molecule has 0 aliphatic carbocycles. The molecule has 62 valence electrons. The molecule has 0 aromatic heterocycles. The number of nitrogens with zero attached hydrogens (tertiary/aromatic N) is 1. The van der Waals surface area contributed by atoms with Crippen molar-refractivity contribution >= 4 is 11.6 Å². The predicted octanol–water partition coefficient (Wildman–Crippen LogP) is 2.91. The molecule has 2 heteroatoms. The molecule has 0 atom stereocenters. The van der Waals surface area contributed by atoms with Crippen molar-refractivity contribution in [3.05, 3.63) is 34.4 Å². The van der Waals surface area contributed by atoms with Crippen LogP contribution in [0.15, 0.2) is 12.1 Å². The van der Waals surface area contributed by atoms with Crippen molar-refractivity contribution in [1.29, 1.82) is 5.26 Å². The fraction of sp³-hybridized carbons (Fsp3) is 0.300. The second kappa shape index (κ2) is 3.60. The van der Waals surface area contributed by atoms with Crippen LogP contribution in [0, 0.1) is 25.2 Å². The van der Waals surface area contributed by atoms with Gasteiger partial charge >= 0.3 is 0 Å². The molecule has 0 N–H and O–H groups in total. The maximum absolute atomic E-state index is 8.76. The van der Waals surface area contributed by atoms with E-state index in [0.717, 1.165) is 11.1 Å². The van der Waals surface area contributed by atoms with Crippen LogP contribution >= 0.6 is 11.6 Å². The van der Waals surface area contributed by atoms with E-state index in [1.165, 1.54) is 5.56 Å². The molecule has 1 rings (SSSR count). The normalized spacial score (nSPS) is 9.50. The van der Waals surface area contributed by atoms with E-state index in [9.17, 15) is 0 Å². The van der Waals surface area contributed by atoms with Gasteiger partial charge in [0.2, 0.25) is 0 Å². The lowest BCUT2D eigenvalue weighted by Crippen LogP contribution is -1.90. The molecule has 0 fully saturated rings. The highest BCUT2D eigenvalue weighted by Gasteiger charge is 2.02. The third kappa shape index (κ3) is 1.60. The fourth-order valence-electron chi connectivity index (χ4n) is 1.09. The van der Waals surface area contributed by atoms with Gasteiger partial charge in [-0.15, -0.1) is 11.6 Å². The fourth-order valence-corrected chi connectivity index (χ4v) is 1.31. The number of hydrogen-bond donors (Lipinski definition) is 0. The molecular formula is C10H10ClN. The molecule has 0 spiro atoms. The highest BCUT2D eigenvalue weighted by Crippen LogP contribution is 2.16. The Morgan fingerprint density at radius 2 is 1.92 bits per heavy atom. The lowest BCUT2D eigenvalue weighted by Gasteiger charge is -2.04. The van der Waals surface area contributed by atoms with Gasteiger partial charge in [0.25, 0.3) is 0 Å². The van der Waals surface area contributed by atoms with Crippen LogP contribution in [0.1, 0.15) is 22.3 Å². The number of benzene rings is 1. The Hall–Kier alpha value is -1.000. The van der Waals surface area contributed by atoms with Crippen molar-refractivity contribution in [3.8, 4) is 6.07 Å². The van der Waals surface area contributed by atoms with E-state index in [0.29, 0.717) is 11.4 Å². The Morgan fingerprint density at radius 3 is 2.42 bits per heavy atom. The van der Waals surface area contributed by atoms with Crippen LogP contribution in [0.4, 0.5) is 0 Å².